The normalized spacial score (nSPS) is 10.1. The average molecular weight is 328 g/mol. The maximum Gasteiger partial charge on any atom is 0.249 e. The Morgan fingerprint density at radius 2 is 2.17 bits per heavy atom. The third-order valence-corrected chi connectivity index (χ3v) is 2.87. The fraction of sp³-hybridized carbons (Fsp3) is 0. The number of halogens is 2. The molecular formula is C11H8BrClN4O. The second-order valence-electron chi connectivity index (χ2n) is 3.34. The maximum atomic E-state index is 7.42. The summed E-state index contributed by atoms with van der Waals surface area (Å²) in [5.41, 5.74) is 5.79. The zero-order chi connectivity index (χ0) is 13.1. The summed E-state index contributed by atoms with van der Waals surface area (Å²) in [6.07, 6.45) is 1.44. The molecule has 0 bridgehead atoms. The minimum Gasteiger partial charge on any atom is -0.435 e. The van der Waals surface area contributed by atoms with Gasteiger partial charge < -0.3 is 10.5 Å². The number of hydrogen-bond acceptors (Lipinski definition) is 4. The van der Waals surface area contributed by atoms with Crippen LogP contribution < -0.4 is 10.5 Å². The van der Waals surface area contributed by atoms with Crippen LogP contribution in [0.25, 0.3) is 0 Å². The Kier molecular flexibility index (Phi) is 3.78. The molecular weight excluding hydrogens is 320 g/mol. The number of benzene rings is 1. The van der Waals surface area contributed by atoms with Crippen molar-refractivity contribution in [3.63, 3.8) is 0 Å². The van der Waals surface area contributed by atoms with Gasteiger partial charge in [-0.25, -0.2) is 0 Å². The highest BCUT2D eigenvalue weighted by Crippen LogP contribution is 2.31. The summed E-state index contributed by atoms with van der Waals surface area (Å²) in [6, 6.07) is 6.72. The number of ether oxygens (including phenoxy) is 1. The number of rotatable bonds is 3. The molecule has 3 N–H and O–H groups in total. The van der Waals surface area contributed by atoms with E-state index in [0.717, 1.165) is 4.47 Å². The standard InChI is InChI=1S/C11H8BrClN4O/c12-6-1-2-9(8(13)5-6)18-11-7(10(14)15)3-4-16-17-11/h1-5H,(H3,14,15). The van der Waals surface area contributed by atoms with Crippen molar-refractivity contribution in [1.29, 1.82) is 5.41 Å². The van der Waals surface area contributed by atoms with E-state index < -0.39 is 0 Å². The van der Waals surface area contributed by atoms with Crippen LogP contribution in [-0.2, 0) is 0 Å². The second-order valence-corrected chi connectivity index (χ2v) is 4.66. The molecule has 0 saturated heterocycles. The van der Waals surface area contributed by atoms with Gasteiger partial charge in [-0.2, -0.15) is 5.10 Å². The Morgan fingerprint density at radius 3 is 2.83 bits per heavy atom. The van der Waals surface area contributed by atoms with Crippen molar-refractivity contribution in [2.45, 2.75) is 0 Å². The number of nitrogens with zero attached hydrogens (tertiary/aromatic N) is 2. The van der Waals surface area contributed by atoms with Crippen LogP contribution in [0.15, 0.2) is 34.9 Å². The van der Waals surface area contributed by atoms with Crippen molar-refractivity contribution in [2.24, 2.45) is 5.73 Å². The van der Waals surface area contributed by atoms with E-state index in [1.54, 1.807) is 24.3 Å². The average Bonchev–Trinajstić information content (AvgIpc) is 2.33. The summed E-state index contributed by atoms with van der Waals surface area (Å²) in [4.78, 5) is 0. The lowest BCUT2D eigenvalue weighted by molar-refractivity contribution is 0.454. The van der Waals surface area contributed by atoms with Gasteiger partial charge in [-0.05, 0) is 24.3 Å². The number of nitrogen functional groups attached to an aromatic ring is 1. The van der Waals surface area contributed by atoms with Crippen LogP contribution in [-0.4, -0.2) is 16.0 Å². The molecule has 0 spiro atoms. The largest absolute Gasteiger partial charge is 0.435 e. The summed E-state index contributed by atoms with van der Waals surface area (Å²) >= 11 is 9.32. The first kappa shape index (κ1) is 12.8. The molecule has 0 radical (unpaired) electrons. The van der Waals surface area contributed by atoms with Crippen molar-refractivity contribution in [3.05, 3.63) is 45.5 Å². The maximum absolute atomic E-state index is 7.42. The molecule has 0 aliphatic rings. The fourth-order valence-corrected chi connectivity index (χ4v) is 1.97. The molecule has 1 aromatic carbocycles. The molecule has 7 heteroatoms. The van der Waals surface area contributed by atoms with Gasteiger partial charge in [-0.3, -0.25) is 5.41 Å². The SMILES string of the molecule is N=C(N)c1ccnnc1Oc1ccc(Br)cc1Cl. The molecule has 92 valence electrons. The van der Waals surface area contributed by atoms with Gasteiger partial charge in [0.15, 0.2) is 0 Å². The van der Waals surface area contributed by atoms with Crippen LogP contribution in [0.2, 0.25) is 5.02 Å². The van der Waals surface area contributed by atoms with Gasteiger partial charge >= 0.3 is 0 Å². The summed E-state index contributed by atoms with van der Waals surface area (Å²) < 4.78 is 6.35. The van der Waals surface area contributed by atoms with Gasteiger partial charge in [-0.15, -0.1) is 5.10 Å². The van der Waals surface area contributed by atoms with Crippen molar-refractivity contribution < 1.29 is 4.74 Å². The Labute approximate surface area is 117 Å². The van der Waals surface area contributed by atoms with Crippen molar-refractivity contribution in [1.82, 2.24) is 10.2 Å². The summed E-state index contributed by atoms with van der Waals surface area (Å²) in [6.45, 7) is 0. The molecule has 0 atom stereocenters. The molecule has 0 unspecified atom stereocenters. The van der Waals surface area contributed by atoms with E-state index in [2.05, 4.69) is 26.1 Å². The first-order valence-corrected chi connectivity index (χ1v) is 6.04. The highest BCUT2D eigenvalue weighted by atomic mass is 79.9. The van der Waals surface area contributed by atoms with Crippen molar-refractivity contribution in [2.75, 3.05) is 0 Å². The Bertz CT molecular complexity index is 605. The quantitative estimate of drug-likeness (QED) is 0.670. The van der Waals surface area contributed by atoms with E-state index in [4.69, 9.17) is 27.5 Å². The van der Waals surface area contributed by atoms with Gasteiger partial charge in [0.1, 0.15) is 11.6 Å². The van der Waals surface area contributed by atoms with E-state index in [9.17, 15) is 0 Å². The van der Waals surface area contributed by atoms with Gasteiger partial charge in [0, 0.05) is 4.47 Å². The Hall–Kier alpha value is -1.66. The number of nitrogens with two attached hydrogens (primary N) is 1. The predicted octanol–water partition coefficient (Wildman–Crippen LogP) is 2.97. The number of hydrogen-bond donors (Lipinski definition) is 2. The molecule has 0 aliphatic heterocycles. The van der Waals surface area contributed by atoms with Crippen LogP contribution in [0, 0.1) is 5.41 Å². The van der Waals surface area contributed by atoms with Crippen molar-refractivity contribution in [3.8, 4) is 11.6 Å². The third kappa shape index (κ3) is 2.77. The van der Waals surface area contributed by atoms with Gasteiger partial charge in [0.05, 0.1) is 16.8 Å². The van der Waals surface area contributed by atoms with Gasteiger partial charge in [-0.1, -0.05) is 27.5 Å². The smallest absolute Gasteiger partial charge is 0.249 e. The van der Waals surface area contributed by atoms with Crippen molar-refractivity contribution >= 4 is 33.4 Å². The molecule has 0 saturated carbocycles. The highest BCUT2D eigenvalue weighted by molar-refractivity contribution is 9.10. The number of amidine groups is 1. The topological polar surface area (TPSA) is 84.9 Å². The monoisotopic (exact) mass is 326 g/mol. The van der Waals surface area contributed by atoms with Crippen LogP contribution in [0.4, 0.5) is 0 Å². The molecule has 0 aliphatic carbocycles. The van der Waals surface area contributed by atoms with E-state index in [0.29, 0.717) is 16.3 Å². The fourth-order valence-electron chi connectivity index (χ4n) is 1.26. The third-order valence-electron chi connectivity index (χ3n) is 2.08. The lowest BCUT2D eigenvalue weighted by atomic mass is 10.3. The lowest BCUT2D eigenvalue weighted by Crippen LogP contribution is -2.13. The van der Waals surface area contributed by atoms with Crippen LogP contribution >= 0.6 is 27.5 Å². The predicted molar refractivity (Wildman–Crippen MR) is 72.3 cm³/mol. The molecule has 1 aromatic heterocycles. The zero-order valence-electron chi connectivity index (χ0n) is 9.02. The molecule has 18 heavy (non-hydrogen) atoms. The van der Waals surface area contributed by atoms with Gasteiger partial charge in [0.2, 0.25) is 5.88 Å². The minimum atomic E-state index is -0.145. The molecule has 5 nitrogen and oxygen atoms in total. The number of aromatic nitrogens is 2. The van der Waals surface area contributed by atoms with Crippen LogP contribution in [0.5, 0.6) is 11.6 Å². The summed E-state index contributed by atoms with van der Waals surface area (Å²) in [7, 11) is 0. The Morgan fingerprint density at radius 1 is 1.39 bits per heavy atom. The van der Waals surface area contributed by atoms with Gasteiger partial charge in [0.25, 0.3) is 0 Å². The Balaban J connectivity index is 2.37. The first-order valence-electron chi connectivity index (χ1n) is 4.87. The first-order chi connectivity index (χ1) is 8.58. The van der Waals surface area contributed by atoms with E-state index in [1.807, 2.05) is 0 Å². The van der Waals surface area contributed by atoms with Crippen LogP contribution in [0.3, 0.4) is 0 Å². The lowest BCUT2D eigenvalue weighted by Gasteiger charge is -2.09. The van der Waals surface area contributed by atoms with E-state index in [1.165, 1.54) is 6.20 Å². The molecule has 2 aromatic rings. The van der Waals surface area contributed by atoms with E-state index >= 15 is 0 Å². The second kappa shape index (κ2) is 5.32. The summed E-state index contributed by atoms with van der Waals surface area (Å²) in [5.74, 6) is 0.422. The highest BCUT2D eigenvalue weighted by Gasteiger charge is 2.11. The summed E-state index contributed by atoms with van der Waals surface area (Å²) in [5, 5.41) is 15.3. The molecule has 1 heterocycles. The zero-order valence-corrected chi connectivity index (χ0v) is 11.4. The molecule has 0 amide bonds. The number of nitrogens with one attached hydrogen (secondary N) is 1. The van der Waals surface area contributed by atoms with E-state index in [-0.39, 0.29) is 11.7 Å². The molecule has 2 rings (SSSR count). The van der Waals surface area contributed by atoms with Crippen LogP contribution in [0.1, 0.15) is 5.56 Å². The molecule has 0 fully saturated rings. The minimum absolute atomic E-state index is 0.145.